The van der Waals surface area contributed by atoms with Gasteiger partial charge in [-0.25, -0.2) is 4.79 Å². The largest absolute Gasteiger partial charge is 0.495 e. The molecule has 0 aliphatic carbocycles. The lowest BCUT2D eigenvalue weighted by Gasteiger charge is -2.34. The molecule has 7 nitrogen and oxygen atoms in total. The summed E-state index contributed by atoms with van der Waals surface area (Å²) in [6, 6.07) is 15.1. The van der Waals surface area contributed by atoms with Gasteiger partial charge in [0.25, 0.3) is 0 Å². The van der Waals surface area contributed by atoms with Crippen molar-refractivity contribution in [1.29, 1.82) is 0 Å². The van der Waals surface area contributed by atoms with E-state index in [9.17, 15) is 9.59 Å². The highest BCUT2D eigenvalue weighted by molar-refractivity contribution is 5.94. The SMILES string of the molecule is COc1ccc(NC(C)=O)cc1NC(=O)N1CCNC(c2ccccc2)C1. The van der Waals surface area contributed by atoms with Crippen LogP contribution >= 0.6 is 0 Å². The van der Waals surface area contributed by atoms with Crippen LogP contribution in [0.1, 0.15) is 18.5 Å². The molecule has 1 fully saturated rings. The molecule has 1 saturated heterocycles. The number of hydrogen-bond acceptors (Lipinski definition) is 4. The summed E-state index contributed by atoms with van der Waals surface area (Å²) in [4.78, 5) is 25.8. The van der Waals surface area contributed by atoms with Crippen molar-refractivity contribution in [3.63, 3.8) is 0 Å². The quantitative estimate of drug-likeness (QED) is 0.775. The van der Waals surface area contributed by atoms with E-state index < -0.39 is 0 Å². The predicted molar refractivity (Wildman–Crippen MR) is 105 cm³/mol. The minimum absolute atomic E-state index is 0.0957. The molecule has 1 unspecified atom stereocenters. The number of hydrogen-bond donors (Lipinski definition) is 3. The van der Waals surface area contributed by atoms with Gasteiger partial charge in [0.1, 0.15) is 5.75 Å². The average Bonchev–Trinajstić information content (AvgIpc) is 2.68. The van der Waals surface area contributed by atoms with Gasteiger partial charge in [-0.15, -0.1) is 0 Å². The molecular weight excluding hydrogens is 344 g/mol. The summed E-state index contributed by atoms with van der Waals surface area (Å²) in [7, 11) is 1.54. The number of ether oxygens (including phenoxy) is 1. The summed E-state index contributed by atoms with van der Waals surface area (Å²) >= 11 is 0. The van der Waals surface area contributed by atoms with Gasteiger partial charge in [0.05, 0.1) is 18.8 Å². The molecule has 1 heterocycles. The minimum atomic E-state index is -0.198. The number of carbonyl (C=O) groups excluding carboxylic acids is 2. The van der Waals surface area contributed by atoms with Crippen molar-refractivity contribution in [2.45, 2.75) is 13.0 Å². The first-order valence-electron chi connectivity index (χ1n) is 8.86. The van der Waals surface area contributed by atoms with Crippen LogP contribution in [-0.4, -0.2) is 43.6 Å². The van der Waals surface area contributed by atoms with E-state index in [2.05, 4.69) is 28.1 Å². The smallest absolute Gasteiger partial charge is 0.322 e. The molecule has 2 aromatic carbocycles. The normalized spacial score (nSPS) is 16.5. The van der Waals surface area contributed by atoms with Crippen molar-refractivity contribution >= 4 is 23.3 Å². The first-order valence-corrected chi connectivity index (χ1v) is 8.86. The topological polar surface area (TPSA) is 82.7 Å². The van der Waals surface area contributed by atoms with Gasteiger partial charge in [-0.1, -0.05) is 30.3 Å². The van der Waals surface area contributed by atoms with Gasteiger partial charge in [-0.2, -0.15) is 0 Å². The van der Waals surface area contributed by atoms with E-state index in [1.807, 2.05) is 18.2 Å². The van der Waals surface area contributed by atoms with Gasteiger partial charge in [0.15, 0.2) is 0 Å². The number of nitrogens with one attached hydrogen (secondary N) is 3. The fourth-order valence-corrected chi connectivity index (χ4v) is 3.12. The predicted octanol–water partition coefficient (Wildman–Crippen LogP) is 2.83. The molecule has 0 bridgehead atoms. The zero-order valence-electron chi connectivity index (χ0n) is 15.5. The molecule has 3 N–H and O–H groups in total. The second kappa shape index (κ2) is 8.55. The number of amides is 3. The van der Waals surface area contributed by atoms with Gasteiger partial charge < -0.3 is 25.6 Å². The van der Waals surface area contributed by atoms with E-state index in [1.165, 1.54) is 6.92 Å². The Morgan fingerprint density at radius 3 is 2.63 bits per heavy atom. The zero-order chi connectivity index (χ0) is 19.2. The first-order chi connectivity index (χ1) is 13.1. The number of piperazine rings is 1. The Balaban J connectivity index is 1.71. The van der Waals surface area contributed by atoms with Crippen LogP contribution in [0, 0.1) is 0 Å². The van der Waals surface area contributed by atoms with E-state index in [0.29, 0.717) is 30.2 Å². The van der Waals surface area contributed by atoms with Gasteiger partial charge in [-0.05, 0) is 23.8 Å². The molecule has 0 radical (unpaired) electrons. The van der Waals surface area contributed by atoms with E-state index in [1.54, 1.807) is 30.2 Å². The molecule has 1 aliphatic heterocycles. The molecule has 142 valence electrons. The van der Waals surface area contributed by atoms with Crippen LogP contribution in [0.25, 0.3) is 0 Å². The summed E-state index contributed by atoms with van der Waals surface area (Å²) in [6.07, 6.45) is 0. The molecule has 3 rings (SSSR count). The molecule has 1 atom stereocenters. The number of rotatable bonds is 4. The fraction of sp³-hybridized carbons (Fsp3) is 0.300. The lowest BCUT2D eigenvalue weighted by atomic mass is 10.0. The number of carbonyl (C=O) groups is 2. The molecule has 0 spiro atoms. The monoisotopic (exact) mass is 368 g/mol. The lowest BCUT2D eigenvalue weighted by molar-refractivity contribution is -0.114. The Hall–Kier alpha value is -3.06. The zero-order valence-corrected chi connectivity index (χ0v) is 15.5. The third-order valence-corrected chi connectivity index (χ3v) is 4.43. The van der Waals surface area contributed by atoms with Crippen molar-refractivity contribution in [1.82, 2.24) is 10.2 Å². The Labute approximate surface area is 158 Å². The van der Waals surface area contributed by atoms with E-state index in [4.69, 9.17) is 4.74 Å². The van der Waals surface area contributed by atoms with Crippen molar-refractivity contribution < 1.29 is 14.3 Å². The number of nitrogens with zero attached hydrogens (tertiary/aromatic N) is 1. The van der Waals surface area contributed by atoms with Crippen LogP contribution < -0.4 is 20.7 Å². The Morgan fingerprint density at radius 2 is 1.93 bits per heavy atom. The molecule has 27 heavy (non-hydrogen) atoms. The second-order valence-electron chi connectivity index (χ2n) is 6.39. The van der Waals surface area contributed by atoms with Gasteiger partial charge >= 0.3 is 6.03 Å². The summed E-state index contributed by atoms with van der Waals surface area (Å²) < 4.78 is 5.33. The lowest BCUT2D eigenvalue weighted by Crippen LogP contribution is -2.49. The molecule has 0 aromatic heterocycles. The summed E-state index contributed by atoms with van der Waals surface area (Å²) in [5.41, 5.74) is 2.27. The summed E-state index contributed by atoms with van der Waals surface area (Å²) in [5.74, 6) is 0.359. The molecule has 2 aromatic rings. The molecular formula is C20H24N4O3. The number of urea groups is 1. The molecule has 7 heteroatoms. The highest BCUT2D eigenvalue weighted by Crippen LogP contribution is 2.28. The highest BCUT2D eigenvalue weighted by Gasteiger charge is 2.24. The Kier molecular flexibility index (Phi) is 5.93. The Bertz CT molecular complexity index is 810. The third kappa shape index (κ3) is 4.77. The van der Waals surface area contributed by atoms with Crippen molar-refractivity contribution in [2.24, 2.45) is 0 Å². The van der Waals surface area contributed by atoms with Crippen molar-refractivity contribution in [3.8, 4) is 5.75 Å². The van der Waals surface area contributed by atoms with E-state index in [0.717, 1.165) is 12.1 Å². The van der Waals surface area contributed by atoms with Crippen LogP contribution in [0.3, 0.4) is 0 Å². The van der Waals surface area contributed by atoms with E-state index in [-0.39, 0.29) is 18.0 Å². The maximum atomic E-state index is 12.8. The number of benzene rings is 2. The summed E-state index contributed by atoms with van der Waals surface area (Å²) in [5, 5.41) is 9.05. The van der Waals surface area contributed by atoms with E-state index >= 15 is 0 Å². The van der Waals surface area contributed by atoms with Crippen LogP contribution in [-0.2, 0) is 4.79 Å². The third-order valence-electron chi connectivity index (χ3n) is 4.43. The fourth-order valence-electron chi connectivity index (χ4n) is 3.12. The standard InChI is InChI=1S/C20H24N4O3/c1-14(25)22-16-8-9-19(27-2)17(12-16)23-20(26)24-11-10-21-18(13-24)15-6-4-3-5-7-15/h3-9,12,18,21H,10-11,13H2,1-2H3,(H,22,25)(H,23,26). The average molecular weight is 368 g/mol. The number of methoxy groups -OCH3 is 1. The first kappa shape index (κ1) is 18.7. The maximum Gasteiger partial charge on any atom is 0.322 e. The van der Waals surface area contributed by atoms with Crippen LogP contribution in [0.5, 0.6) is 5.75 Å². The highest BCUT2D eigenvalue weighted by atomic mass is 16.5. The maximum absolute atomic E-state index is 12.8. The number of anilines is 2. The molecule has 0 saturated carbocycles. The van der Waals surface area contributed by atoms with Gasteiger partial charge in [0.2, 0.25) is 5.91 Å². The molecule has 3 amide bonds. The van der Waals surface area contributed by atoms with Crippen LogP contribution in [0.2, 0.25) is 0 Å². The van der Waals surface area contributed by atoms with Crippen molar-refractivity contribution in [3.05, 3.63) is 54.1 Å². The van der Waals surface area contributed by atoms with Gasteiger partial charge in [-0.3, -0.25) is 4.79 Å². The van der Waals surface area contributed by atoms with Crippen LogP contribution in [0.15, 0.2) is 48.5 Å². The van der Waals surface area contributed by atoms with Crippen LogP contribution in [0.4, 0.5) is 16.2 Å². The summed E-state index contributed by atoms with van der Waals surface area (Å²) in [6.45, 7) is 3.34. The minimum Gasteiger partial charge on any atom is -0.495 e. The van der Waals surface area contributed by atoms with Gasteiger partial charge in [0, 0.05) is 32.2 Å². The molecule has 1 aliphatic rings. The Morgan fingerprint density at radius 1 is 1.15 bits per heavy atom. The van der Waals surface area contributed by atoms with Crippen molar-refractivity contribution in [2.75, 3.05) is 37.4 Å². The second-order valence-corrected chi connectivity index (χ2v) is 6.39.